The second kappa shape index (κ2) is 5.98. The van der Waals surface area contributed by atoms with E-state index >= 15 is 0 Å². The number of benzene rings is 1. The SMILES string of the molecule is COC(=O)c1csc(NC(=O)Cc2noc3ccccc23)c1. The predicted octanol–water partition coefficient (Wildman–Crippen LogP) is 2.86. The van der Waals surface area contributed by atoms with Gasteiger partial charge >= 0.3 is 5.97 Å². The molecule has 3 rings (SSSR count). The zero-order chi connectivity index (χ0) is 15.5. The van der Waals surface area contributed by atoms with Crippen LogP contribution in [0, 0.1) is 0 Å². The van der Waals surface area contributed by atoms with Crippen molar-refractivity contribution in [3.63, 3.8) is 0 Å². The van der Waals surface area contributed by atoms with Crippen LogP contribution >= 0.6 is 11.3 Å². The largest absolute Gasteiger partial charge is 0.465 e. The fraction of sp³-hybridized carbons (Fsp3) is 0.133. The lowest BCUT2D eigenvalue weighted by Gasteiger charge is -2.00. The van der Waals surface area contributed by atoms with Crippen molar-refractivity contribution < 1.29 is 18.8 Å². The molecule has 22 heavy (non-hydrogen) atoms. The standard InChI is InChI=1S/C15H12N2O4S/c1-20-15(19)9-6-14(22-8-9)16-13(18)7-11-10-4-2-3-5-12(10)21-17-11/h2-6,8H,7H2,1H3,(H,16,18). The van der Waals surface area contributed by atoms with E-state index in [4.69, 9.17) is 4.52 Å². The Kier molecular flexibility index (Phi) is 3.88. The molecule has 0 unspecified atom stereocenters. The van der Waals surface area contributed by atoms with Gasteiger partial charge in [-0.1, -0.05) is 17.3 Å². The van der Waals surface area contributed by atoms with E-state index in [1.807, 2.05) is 18.2 Å². The van der Waals surface area contributed by atoms with Crippen LogP contribution in [0.1, 0.15) is 16.1 Å². The average Bonchev–Trinajstić information content (AvgIpc) is 3.14. The Bertz CT molecular complexity index is 837. The van der Waals surface area contributed by atoms with Crippen molar-refractivity contribution in [2.24, 2.45) is 0 Å². The van der Waals surface area contributed by atoms with E-state index in [1.54, 1.807) is 17.5 Å². The molecule has 1 amide bonds. The number of amides is 1. The van der Waals surface area contributed by atoms with Crippen LogP contribution in [-0.2, 0) is 16.0 Å². The first-order chi connectivity index (χ1) is 10.7. The van der Waals surface area contributed by atoms with Gasteiger partial charge in [0.25, 0.3) is 0 Å². The van der Waals surface area contributed by atoms with Crippen LogP contribution in [0.15, 0.2) is 40.2 Å². The molecule has 0 fully saturated rings. The van der Waals surface area contributed by atoms with Crippen LogP contribution < -0.4 is 5.32 Å². The molecular formula is C15H12N2O4S. The normalized spacial score (nSPS) is 10.6. The maximum atomic E-state index is 12.1. The molecule has 0 atom stereocenters. The van der Waals surface area contributed by atoms with Gasteiger partial charge in [0.1, 0.15) is 5.69 Å². The number of rotatable bonds is 4. The van der Waals surface area contributed by atoms with Crippen molar-refractivity contribution in [2.75, 3.05) is 12.4 Å². The summed E-state index contributed by atoms with van der Waals surface area (Å²) < 4.78 is 9.78. The summed E-state index contributed by atoms with van der Waals surface area (Å²) in [5.74, 6) is -0.656. The third-order valence-electron chi connectivity index (χ3n) is 3.06. The van der Waals surface area contributed by atoms with E-state index < -0.39 is 5.97 Å². The zero-order valence-corrected chi connectivity index (χ0v) is 12.5. The molecule has 7 heteroatoms. The summed E-state index contributed by atoms with van der Waals surface area (Å²) in [6, 6.07) is 8.94. The molecule has 3 aromatic rings. The number of aromatic nitrogens is 1. The van der Waals surface area contributed by atoms with E-state index in [1.165, 1.54) is 18.4 Å². The van der Waals surface area contributed by atoms with Crippen LogP contribution in [0.2, 0.25) is 0 Å². The molecule has 0 aliphatic heterocycles. The van der Waals surface area contributed by atoms with Crippen molar-refractivity contribution >= 4 is 39.2 Å². The first kappa shape index (κ1) is 14.3. The van der Waals surface area contributed by atoms with Gasteiger partial charge in [-0.2, -0.15) is 0 Å². The van der Waals surface area contributed by atoms with Crippen molar-refractivity contribution in [1.82, 2.24) is 5.16 Å². The summed E-state index contributed by atoms with van der Waals surface area (Å²) in [6.45, 7) is 0. The first-order valence-corrected chi connectivity index (χ1v) is 7.35. The number of esters is 1. The van der Waals surface area contributed by atoms with E-state index in [-0.39, 0.29) is 12.3 Å². The number of carbonyl (C=O) groups excluding carboxylic acids is 2. The first-order valence-electron chi connectivity index (χ1n) is 6.47. The molecule has 0 bridgehead atoms. The summed E-state index contributed by atoms with van der Waals surface area (Å²) in [7, 11) is 1.31. The second-order valence-corrected chi connectivity index (χ2v) is 5.45. The highest BCUT2D eigenvalue weighted by molar-refractivity contribution is 7.14. The minimum Gasteiger partial charge on any atom is -0.465 e. The Morgan fingerprint density at radius 3 is 3.00 bits per heavy atom. The third kappa shape index (κ3) is 2.84. The number of para-hydroxylation sites is 1. The van der Waals surface area contributed by atoms with E-state index in [0.29, 0.717) is 21.8 Å². The quantitative estimate of drug-likeness (QED) is 0.748. The molecule has 0 saturated heterocycles. The zero-order valence-electron chi connectivity index (χ0n) is 11.7. The monoisotopic (exact) mass is 316 g/mol. The Hall–Kier alpha value is -2.67. The smallest absolute Gasteiger partial charge is 0.338 e. The van der Waals surface area contributed by atoms with Crippen LogP contribution in [0.5, 0.6) is 0 Å². The number of nitrogens with zero attached hydrogens (tertiary/aromatic N) is 1. The molecule has 0 spiro atoms. The molecule has 2 heterocycles. The molecule has 1 N–H and O–H groups in total. The number of methoxy groups -OCH3 is 1. The molecule has 1 aromatic carbocycles. The average molecular weight is 316 g/mol. The van der Waals surface area contributed by atoms with Crippen molar-refractivity contribution in [3.8, 4) is 0 Å². The summed E-state index contributed by atoms with van der Waals surface area (Å²) >= 11 is 1.26. The van der Waals surface area contributed by atoms with Gasteiger partial charge in [0.15, 0.2) is 5.58 Å². The highest BCUT2D eigenvalue weighted by atomic mass is 32.1. The number of hydrogen-bond donors (Lipinski definition) is 1. The van der Waals surface area contributed by atoms with Gasteiger partial charge in [-0.05, 0) is 18.2 Å². The van der Waals surface area contributed by atoms with Crippen LogP contribution in [0.3, 0.4) is 0 Å². The Morgan fingerprint density at radius 1 is 1.36 bits per heavy atom. The lowest BCUT2D eigenvalue weighted by atomic mass is 10.1. The van der Waals surface area contributed by atoms with E-state index in [0.717, 1.165) is 5.39 Å². The van der Waals surface area contributed by atoms with E-state index in [2.05, 4.69) is 15.2 Å². The fourth-order valence-electron chi connectivity index (χ4n) is 2.03. The minimum absolute atomic E-state index is 0.0997. The number of nitrogens with one attached hydrogen (secondary N) is 1. The fourth-order valence-corrected chi connectivity index (χ4v) is 2.81. The predicted molar refractivity (Wildman–Crippen MR) is 82.0 cm³/mol. The van der Waals surface area contributed by atoms with Crippen LogP contribution in [0.25, 0.3) is 11.0 Å². The van der Waals surface area contributed by atoms with Gasteiger partial charge in [0, 0.05) is 10.8 Å². The van der Waals surface area contributed by atoms with Crippen molar-refractivity contribution in [3.05, 3.63) is 47.0 Å². The molecule has 2 aromatic heterocycles. The number of anilines is 1. The molecular weight excluding hydrogens is 304 g/mol. The second-order valence-electron chi connectivity index (χ2n) is 4.54. The van der Waals surface area contributed by atoms with Gasteiger partial charge in [-0.25, -0.2) is 4.79 Å². The Morgan fingerprint density at radius 2 is 2.18 bits per heavy atom. The number of thiophene rings is 1. The Labute approximate surface area is 129 Å². The topological polar surface area (TPSA) is 81.4 Å². The van der Waals surface area contributed by atoms with Gasteiger partial charge in [-0.3, -0.25) is 4.79 Å². The summed E-state index contributed by atoms with van der Waals surface area (Å²) in [5, 5.41) is 9.68. The maximum absolute atomic E-state index is 12.1. The lowest BCUT2D eigenvalue weighted by Crippen LogP contribution is -2.13. The molecule has 0 aliphatic carbocycles. The van der Waals surface area contributed by atoms with Gasteiger partial charge < -0.3 is 14.6 Å². The highest BCUT2D eigenvalue weighted by Crippen LogP contribution is 2.22. The van der Waals surface area contributed by atoms with Crippen molar-refractivity contribution in [1.29, 1.82) is 0 Å². The summed E-state index contributed by atoms with van der Waals surface area (Å²) in [5.41, 5.74) is 1.64. The Balaban J connectivity index is 1.70. The highest BCUT2D eigenvalue weighted by Gasteiger charge is 2.14. The summed E-state index contributed by atoms with van der Waals surface area (Å²) in [6.07, 6.45) is 0.0997. The van der Waals surface area contributed by atoms with Gasteiger partial charge in [0.05, 0.1) is 24.1 Å². The minimum atomic E-state index is -0.431. The molecule has 112 valence electrons. The van der Waals surface area contributed by atoms with Gasteiger partial charge in [0.2, 0.25) is 5.91 Å². The maximum Gasteiger partial charge on any atom is 0.338 e. The summed E-state index contributed by atoms with van der Waals surface area (Å²) in [4.78, 5) is 23.4. The lowest BCUT2D eigenvalue weighted by molar-refractivity contribution is -0.115. The van der Waals surface area contributed by atoms with E-state index in [9.17, 15) is 9.59 Å². The van der Waals surface area contributed by atoms with Crippen LogP contribution in [0.4, 0.5) is 5.00 Å². The number of fused-ring (bicyclic) bond motifs is 1. The number of hydrogen-bond acceptors (Lipinski definition) is 6. The molecule has 6 nitrogen and oxygen atoms in total. The van der Waals surface area contributed by atoms with Crippen LogP contribution in [-0.4, -0.2) is 24.1 Å². The third-order valence-corrected chi connectivity index (χ3v) is 3.91. The van der Waals surface area contributed by atoms with Crippen molar-refractivity contribution in [2.45, 2.75) is 6.42 Å². The number of carbonyl (C=O) groups is 2. The molecule has 0 saturated carbocycles. The molecule has 0 aliphatic rings. The van der Waals surface area contributed by atoms with Gasteiger partial charge in [-0.15, -0.1) is 11.3 Å². The number of ether oxygens (including phenoxy) is 1. The molecule has 0 radical (unpaired) electrons.